The lowest BCUT2D eigenvalue weighted by Gasteiger charge is -2.17. The normalized spacial score (nSPS) is 13.9. The lowest BCUT2D eigenvalue weighted by molar-refractivity contribution is -0.147. The van der Waals surface area contributed by atoms with Gasteiger partial charge in [0.2, 0.25) is 0 Å². The van der Waals surface area contributed by atoms with Gasteiger partial charge in [0.15, 0.2) is 5.43 Å². The number of esters is 1. The Balaban J connectivity index is 2.23. The molecule has 0 bridgehead atoms. The smallest absolute Gasteiger partial charge is 0.308 e. The summed E-state index contributed by atoms with van der Waals surface area (Å²) < 4.78 is 9.88. The summed E-state index contributed by atoms with van der Waals surface area (Å²) in [6, 6.07) is 5.78. The number of hydrogen-bond acceptors (Lipinski definition) is 6. The third-order valence-corrected chi connectivity index (χ3v) is 3.07. The van der Waals surface area contributed by atoms with Crippen LogP contribution < -0.4 is 5.43 Å². The summed E-state index contributed by atoms with van der Waals surface area (Å²) >= 11 is 0. The molecule has 0 spiro atoms. The summed E-state index contributed by atoms with van der Waals surface area (Å²) in [4.78, 5) is 23.0. The van der Waals surface area contributed by atoms with Crippen molar-refractivity contribution >= 4 is 16.9 Å². The summed E-state index contributed by atoms with van der Waals surface area (Å²) in [7, 11) is 0. The van der Waals surface area contributed by atoms with E-state index >= 15 is 0 Å². The molecular weight excluding hydrogens is 276 g/mol. The first-order valence-electron chi connectivity index (χ1n) is 6.56. The minimum absolute atomic E-state index is 0.207. The molecule has 112 valence electrons. The van der Waals surface area contributed by atoms with Crippen LogP contribution in [-0.4, -0.2) is 28.9 Å². The SMILES string of the molecule is CCOC(=O)CC(O)C(O)c1ccc2occc(=O)c2c1. The highest BCUT2D eigenvalue weighted by molar-refractivity contribution is 5.77. The van der Waals surface area contributed by atoms with E-state index < -0.39 is 18.2 Å². The second kappa shape index (κ2) is 6.51. The van der Waals surface area contributed by atoms with Crippen molar-refractivity contribution in [1.29, 1.82) is 0 Å². The standard InChI is InChI=1S/C15H16O6/c1-2-20-14(18)8-12(17)15(19)9-3-4-13-10(7-9)11(16)5-6-21-13/h3-7,12,15,17,19H,2,8H2,1H3. The maximum absolute atomic E-state index is 11.7. The Bertz CT molecular complexity index is 690. The number of aliphatic hydroxyl groups excluding tert-OH is 2. The third kappa shape index (κ3) is 3.48. The number of ether oxygens (including phenoxy) is 1. The summed E-state index contributed by atoms with van der Waals surface area (Å²) in [5.41, 5.74) is 0.473. The molecule has 0 amide bonds. The fourth-order valence-corrected chi connectivity index (χ4v) is 2.01. The second-order valence-corrected chi connectivity index (χ2v) is 4.56. The van der Waals surface area contributed by atoms with Crippen LogP contribution in [0.4, 0.5) is 0 Å². The highest BCUT2D eigenvalue weighted by Crippen LogP contribution is 2.22. The van der Waals surface area contributed by atoms with E-state index in [9.17, 15) is 19.8 Å². The van der Waals surface area contributed by atoms with Gasteiger partial charge in [0.1, 0.15) is 11.7 Å². The van der Waals surface area contributed by atoms with Crippen LogP contribution in [0.3, 0.4) is 0 Å². The van der Waals surface area contributed by atoms with Crippen LogP contribution >= 0.6 is 0 Å². The Labute approximate surface area is 120 Å². The van der Waals surface area contributed by atoms with Crippen LogP contribution in [0.15, 0.2) is 39.7 Å². The third-order valence-electron chi connectivity index (χ3n) is 3.07. The number of hydrogen-bond donors (Lipinski definition) is 2. The molecular formula is C15H16O6. The van der Waals surface area contributed by atoms with Crippen molar-refractivity contribution in [3.63, 3.8) is 0 Å². The Morgan fingerprint density at radius 1 is 1.33 bits per heavy atom. The van der Waals surface area contributed by atoms with E-state index in [0.29, 0.717) is 16.5 Å². The zero-order chi connectivity index (χ0) is 15.4. The van der Waals surface area contributed by atoms with Gasteiger partial charge >= 0.3 is 5.97 Å². The van der Waals surface area contributed by atoms with Gasteiger partial charge in [-0.3, -0.25) is 9.59 Å². The summed E-state index contributed by atoms with van der Waals surface area (Å²) in [5.74, 6) is -0.593. The first kappa shape index (κ1) is 15.2. The summed E-state index contributed by atoms with van der Waals surface area (Å²) in [6.07, 6.45) is -1.64. The van der Waals surface area contributed by atoms with Crippen molar-refractivity contribution in [2.75, 3.05) is 6.61 Å². The highest BCUT2D eigenvalue weighted by atomic mass is 16.5. The lowest BCUT2D eigenvalue weighted by Crippen LogP contribution is -2.23. The zero-order valence-corrected chi connectivity index (χ0v) is 11.5. The van der Waals surface area contributed by atoms with Crippen molar-refractivity contribution in [1.82, 2.24) is 0 Å². The molecule has 1 heterocycles. The molecule has 6 nitrogen and oxygen atoms in total. The molecule has 0 aliphatic rings. The van der Waals surface area contributed by atoms with Gasteiger partial charge in [-0.25, -0.2) is 0 Å². The largest absolute Gasteiger partial charge is 0.466 e. The lowest BCUT2D eigenvalue weighted by atomic mass is 10.0. The van der Waals surface area contributed by atoms with Crippen LogP contribution in [0.2, 0.25) is 0 Å². The molecule has 0 radical (unpaired) electrons. The van der Waals surface area contributed by atoms with E-state index in [1.54, 1.807) is 6.92 Å². The van der Waals surface area contributed by atoms with Crippen LogP contribution in [0, 0.1) is 0 Å². The van der Waals surface area contributed by atoms with Gasteiger partial charge in [0, 0.05) is 6.07 Å². The maximum atomic E-state index is 11.7. The quantitative estimate of drug-likeness (QED) is 0.802. The molecule has 21 heavy (non-hydrogen) atoms. The number of carbonyl (C=O) groups excluding carboxylic acids is 1. The number of benzene rings is 1. The molecule has 0 saturated carbocycles. The average Bonchev–Trinajstić information content (AvgIpc) is 2.46. The van der Waals surface area contributed by atoms with E-state index in [1.165, 1.54) is 30.5 Å². The number of aliphatic hydroxyl groups is 2. The van der Waals surface area contributed by atoms with Crippen LogP contribution in [-0.2, 0) is 9.53 Å². The van der Waals surface area contributed by atoms with Gasteiger partial charge in [0.05, 0.1) is 30.8 Å². The fraction of sp³-hybridized carbons (Fsp3) is 0.333. The minimum Gasteiger partial charge on any atom is -0.466 e. The summed E-state index contributed by atoms with van der Waals surface area (Å²) in [5, 5.41) is 20.2. The van der Waals surface area contributed by atoms with Crippen molar-refractivity contribution < 1.29 is 24.2 Å². The maximum Gasteiger partial charge on any atom is 0.308 e. The molecule has 1 aromatic heterocycles. The predicted molar refractivity (Wildman–Crippen MR) is 74.7 cm³/mol. The first-order chi connectivity index (χ1) is 10.0. The highest BCUT2D eigenvalue weighted by Gasteiger charge is 2.22. The van der Waals surface area contributed by atoms with Gasteiger partial charge in [-0.2, -0.15) is 0 Å². The molecule has 0 aliphatic carbocycles. The van der Waals surface area contributed by atoms with E-state index in [4.69, 9.17) is 9.15 Å². The van der Waals surface area contributed by atoms with Gasteiger partial charge in [-0.15, -0.1) is 0 Å². The summed E-state index contributed by atoms with van der Waals surface area (Å²) in [6.45, 7) is 1.86. The second-order valence-electron chi connectivity index (χ2n) is 4.56. The fourth-order valence-electron chi connectivity index (χ4n) is 2.01. The number of fused-ring (bicyclic) bond motifs is 1. The molecule has 0 saturated heterocycles. The molecule has 6 heteroatoms. The molecule has 2 unspecified atom stereocenters. The van der Waals surface area contributed by atoms with Crippen LogP contribution in [0.5, 0.6) is 0 Å². The van der Waals surface area contributed by atoms with E-state index in [0.717, 1.165) is 0 Å². The van der Waals surface area contributed by atoms with Crippen molar-refractivity contribution in [3.8, 4) is 0 Å². The zero-order valence-electron chi connectivity index (χ0n) is 11.5. The van der Waals surface area contributed by atoms with E-state index in [2.05, 4.69) is 0 Å². The minimum atomic E-state index is -1.31. The van der Waals surface area contributed by atoms with Crippen LogP contribution in [0.25, 0.3) is 11.0 Å². The van der Waals surface area contributed by atoms with Gasteiger partial charge in [-0.05, 0) is 24.6 Å². The molecule has 0 fully saturated rings. The van der Waals surface area contributed by atoms with Crippen LogP contribution in [0.1, 0.15) is 25.0 Å². The molecule has 0 aliphatic heterocycles. The molecule has 2 rings (SSSR count). The predicted octanol–water partition coefficient (Wildman–Crippen LogP) is 1.14. The monoisotopic (exact) mass is 292 g/mol. The molecule has 2 aromatic rings. The van der Waals surface area contributed by atoms with Crippen molar-refractivity contribution in [2.45, 2.75) is 25.6 Å². The van der Waals surface area contributed by atoms with Crippen molar-refractivity contribution in [2.24, 2.45) is 0 Å². The topological polar surface area (TPSA) is 97.0 Å². The molecule has 2 N–H and O–H groups in total. The Kier molecular flexibility index (Phi) is 4.72. The van der Waals surface area contributed by atoms with E-state index in [1.807, 2.05) is 0 Å². The molecule has 1 aromatic carbocycles. The Hall–Kier alpha value is -2.18. The first-order valence-corrected chi connectivity index (χ1v) is 6.56. The Morgan fingerprint density at radius 3 is 2.81 bits per heavy atom. The molecule has 2 atom stereocenters. The van der Waals surface area contributed by atoms with Gasteiger partial charge in [-0.1, -0.05) is 6.07 Å². The average molecular weight is 292 g/mol. The van der Waals surface area contributed by atoms with Gasteiger partial charge < -0.3 is 19.4 Å². The number of rotatable bonds is 5. The van der Waals surface area contributed by atoms with E-state index in [-0.39, 0.29) is 18.5 Å². The van der Waals surface area contributed by atoms with Gasteiger partial charge in [0.25, 0.3) is 0 Å². The Morgan fingerprint density at radius 2 is 2.10 bits per heavy atom. The number of carbonyl (C=O) groups is 1. The van der Waals surface area contributed by atoms with Crippen molar-refractivity contribution in [3.05, 3.63) is 46.3 Å².